The van der Waals surface area contributed by atoms with Gasteiger partial charge < -0.3 is 4.48 Å². The lowest BCUT2D eigenvalue weighted by atomic mass is 9.91. The Morgan fingerprint density at radius 3 is 1.47 bits per heavy atom. The molecule has 0 aromatic heterocycles. The first-order chi connectivity index (χ1) is 23.4. The highest BCUT2D eigenvalue weighted by molar-refractivity contribution is 7.51. The fourth-order valence-corrected chi connectivity index (χ4v) is 7.84. The minimum absolute atomic E-state index is 0.494. The Kier molecular flexibility index (Phi) is 32.3. The van der Waals surface area contributed by atoms with Crippen molar-refractivity contribution in [3.8, 4) is 0 Å². The fraction of sp³-hybridized carbons (Fsp3) is 0.953. The molecule has 0 rings (SSSR count). The molecular formula is C43H90N2O3P+. The number of likely N-dealkylation sites (N-methyl/N-ethyl adjacent to an activating group) is 1. The van der Waals surface area contributed by atoms with Gasteiger partial charge in [0.2, 0.25) is 0 Å². The zero-order valence-electron chi connectivity index (χ0n) is 34.9. The van der Waals surface area contributed by atoms with Gasteiger partial charge in [-0.3, -0.25) is 9.05 Å². The van der Waals surface area contributed by atoms with Crippen LogP contribution in [-0.4, -0.2) is 51.9 Å². The molecule has 294 valence electrons. The number of quaternary nitrogens is 1. The number of nitrogens with zero attached hydrogens (tertiary/aromatic N) is 1. The second-order valence-electron chi connectivity index (χ2n) is 17.3. The lowest BCUT2D eigenvalue weighted by Crippen LogP contribution is -2.40. The molecule has 0 bridgehead atoms. The van der Waals surface area contributed by atoms with E-state index < -0.39 is 7.75 Å². The number of nitrogens with one attached hydrogen (secondary N) is 1. The van der Waals surface area contributed by atoms with Crippen LogP contribution in [-0.2, 0) is 13.6 Å². The van der Waals surface area contributed by atoms with E-state index >= 15 is 0 Å². The first-order valence-electron chi connectivity index (χ1n) is 21.5. The molecule has 0 amide bonds. The van der Waals surface area contributed by atoms with Crippen LogP contribution in [0.5, 0.6) is 0 Å². The van der Waals surface area contributed by atoms with E-state index in [4.69, 9.17) is 9.05 Å². The van der Waals surface area contributed by atoms with E-state index in [1.54, 1.807) is 0 Å². The van der Waals surface area contributed by atoms with Gasteiger partial charge in [0.1, 0.15) is 0 Å². The Bertz CT molecular complexity index is 782. The Hall–Kier alpha value is -0.190. The smallest absolute Gasteiger partial charge is 0.330 e. The molecule has 4 atom stereocenters. The van der Waals surface area contributed by atoms with E-state index in [2.05, 4.69) is 79.9 Å². The van der Waals surface area contributed by atoms with Crippen molar-refractivity contribution in [1.29, 1.82) is 0 Å². The highest BCUT2D eigenvalue weighted by Crippen LogP contribution is 2.44. The van der Waals surface area contributed by atoms with Crippen LogP contribution in [0.1, 0.15) is 196 Å². The molecule has 0 spiro atoms. The zero-order chi connectivity index (χ0) is 36.6. The molecule has 1 N–H and O–H groups in total. The molecule has 5 nitrogen and oxygen atoms in total. The quantitative estimate of drug-likeness (QED) is 0.0301. The molecule has 4 unspecified atom stereocenters. The maximum absolute atomic E-state index is 13.6. The van der Waals surface area contributed by atoms with Crippen LogP contribution in [0.4, 0.5) is 0 Å². The van der Waals surface area contributed by atoms with Crippen molar-refractivity contribution >= 4 is 7.75 Å². The highest BCUT2D eigenvalue weighted by atomic mass is 31.2. The van der Waals surface area contributed by atoms with Gasteiger partial charge in [-0.2, -0.15) is 0 Å². The molecule has 0 aliphatic heterocycles. The third-order valence-electron chi connectivity index (χ3n) is 10.1. The van der Waals surface area contributed by atoms with Gasteiger partial charge in [0, 0.05) is 0 Å². The maximum atomic E-state index is 13.6. The second kappa shape index (κ2) is 32.5. The van der Waals surface area contributed by atoms with Gasteiger partial charge in [-0.05, 0) is 62.2 Å². The van der Waals surface area contributed by atoms with Crippen LogP contribution in [0.25, 0.3) is 0 Å². The number of unbranched alkanes of at least 4 members (excludes halogenated alkanes) is 12. The average Bonchev–Trinajstić information content (AvgIpc) is 3.01. The van der Waals surface area contributed by atoms with Crippen molar-refractivity contribution in [2.75, 3.05) is 47.4 Å². The third kappa shape index (κ3) is 36.0. The molecule has 0 aromatic carbocycles. The second-order valence-corrected chi connectivity index (χ2v) is 19.1. The monoisotopic (exact) mass is 714 g/mol. The molecule has 0 saturated carbocycles. The van der Waals surface area contributed by atoms with Gasteiger partial charge in [-0.15, -0.1) is 0 Å². The summed E-state index contributed by atoms with van der Waals surface area (Å²) in [6, 6.07) is 0. The van der Waals surface area contributed by atoms with E-state index in [9.17, 15) is 4.57 Å². The molecule has 0 aliphatic carbocycles. The van der Waals surface area contributed by atoms with E-state index in [-0.39, 0.29) is 0 Å². The number of hydrogen-bond donors (Lipinski definition) is 1. The summed E-state index contributed by atoms with van der Waals surface area (Å²) in [5.41, 5.74) is 0. The zero-order valence-corrected chi connectivity index (χ0v) is 35.8. The van der Waals surface area contributed by atoms with Crippen molar-refractivity contribution in [2.24, 2.45) is 23.7 Å². The van der Waals surface area contributed by atoms with Gasteiger partial charge in [-0.25, -0.2) is 9.65 Å². The average molecular weight is 714 g/mol. The van der Waals surface area contributed by atoms with Gasteiger partial charge in [0.05, 0.1) is 47.4 Å². The van der Waals surface area contributed by atoms with E-state index in [1.807, 2.05) is 0 Å². The van der Waals surface area contributed by atoms with Crippen LogP contribution in [0.2, 0.25) is 0 Å². The Balaban J connectivity index is 4.15. The molecular weight excluding hydrogens is 623 g/mol. The van der Waals surface area contributed by atoms with Crippen LogP contribution in [0.3, 0.4) is 0 Å². The predicted molar refractivity (Wildman–Crippen MR) is 218 cm³/mol. The molecule has 0 heterocycles. The number of rotatable bonds is 37. The minimum Gasteiger partial charge on any atom is -0.330 e. The lowest BCUT2D eigenvalue weighted by molar-refractivity contribution is -0.869. The van der Waals surface area contributed by atoms with Gasteiger partial charge in [0.25, 0.3) is 0 Å². The van der Waals surface area contributed by atoms with Gasteiger partial charge >= 0.3 is 7.75 Å². The first-order valence-corrected chi connectivity index (χ1v) is 23.0. The number of allylic oxidation sites excluding steroid dienone is 2. The van der Waals surface area contributed by atoms with Crippen molar-refractivity contribution in [2.45, 2.75) is 196 Å². The summed E-state index contributed by atoms with van der Waals surface area (Å²) in [6.45, 7) is 16.6. The summed E-state index contributed by atoms with van der Waals surface area (Å²) in [4.78, 5) is 0. The topological polar surface area (TPSA) is 47.6 Å². The lowest BCUT2D eigenvalue weighted by Gasteiger charge is -2.26. The van der Waals surface area contributed by atoms with Crippen molar-refractivity contribution < 1.29 is 18.1 Å². The Morgan fingerprint density at radius 1 is 0.551 bits per heavy atom. The highest BCUT2D eigenvalue weighted by Gasteiger charge is 2.25. The molecule has 0 fully saturated rings. The van der Waals surface area contributed by atoms with Gasteiger partial charge in [-0.1, -0.05) is 169 Å². The summed E-state index contributed by atoms with van der Waals surface area (Å²) in [6.07, 6.45) is 35.7. The van der Waals surface area contributed by atoms with E-state index in [1.165, 1.54) is 135 Å². The van der Waals surface area contributed by atoms with Crippen molar-refractivity contribution in [3.63, 3.8) is 0 Å². The maximum Gasteiger partial charge on any atom is 0.405 e. The normalized spacial score (nSPS) is 15.6. The van der Waals surface area contributed by atoms with E-state index in [0.717, 1.165) is 48.0 Å². The fourth-order valence-electron chi connectivity index (χ4n) is 6.50. The molecule has 0 saturated heterocycles. The summed E-state index contributed by atoms with van der Waals surface area (Å²) in [5, 5.41) is 3.17. The summed E-state index contributed by atoms with van der Waals surface area (Å²) in [7, 11) is 3.16. The Labute approximate surface area is 309 Å². The standard InChI is InChI=1S/C43H90N2O3P/c1-10-11-12-13-14-15-16-17-18-19-20-21-22-23-24-25-38-47-49(46,44-36-37-45(7,8)9)48-39-35-43(6)34-28-33-42(5)32-27-31-41(4)30-26-29-40(2)3/h17-18,40-43H,10-16,19-39H2,1-9H3,(H,44,46)/q+1/b18-17-. The Morgan fingerprint density at radius 2 is 0.980 bits per heavy atom. The largest absolute Gasteiger partial charge is 0.405 e. The van der Waals surface area contributed by atoms with Gasteiger partial charge in [0.15, 0.2) is 0 Å². The summed E-state index contributed by atoms with van der Waals surface area (Å²) < 4.78 is 26.4. The summed E-state index contributed by atoms with van der Waals surface area (Å²) in [5.74, 6) is 3.10. The molecule has 0 aromatic rings. The van der Waals surface area contributed by atoms with Crippen molar-refractivity contribution in [1.82, 2.24) is 5.09 Å². The van der Waals surface area contributed by atoms with E-state index in [0.29, 0.717) is 25.7 Å². The van der Waals surface area contributed by atoms with Crippen LogP contribution < -0.4 is 5.09 Å². The first kappa shape index (κ1) is 48.8. The minimum atomic E-state index is -3.29. The number of hydrogen-bond acceptors (Lipinski definition) is 3. The van der Waals surface area contributed by atoms with Crippen LogP contribution in [0.15, 0.2) is 12.2 Å². The predicted octanol–water partition coefficient (Wildman–Crippen LogP) is 13.9. The SMILES string of the molecule is CCCCCCCC/C=C\CCCCCCCCOP(=O)(NCC[N+](C)(C)C)OCCC(C)CCCC(C)CCCC(C)CCCC(C)C. The van der Waals surface area contributed by atoms with Crippen molar-refractivity contribution in [3.05, 3.63) is 12.2 Å². The van der Waals surface area contributed by atoms with Crippen LogP contribution in [0, 0.1) is 23.7 Å². The summed E-state index contributed by atoms with van der Waals surface area (Å²) >= 11 is 0. The third-order valence-corrected chi connectivity index (χ3v) is 11.8. The molecule has 49 heavy (non-hydrogen) atoms. The molecule has 0 aliphatic rings. The van der Waals surface area contributed by atoms with Crippen LogP contribution >= 0.6 is 7.75 Å². The molecule has 6 heteroatoms. The molecule has 0 radical (unpaired) electrons.